The highest BCUT2D eigenvalue weighted by Gasteiger charge is 2.02. The van der Waals surface area contributed by atoms with Crippen LogP contribution in [0.1, 0.15) is 0 Å². The Kier molecular flexibility index (Phi) is 2.76. The summed E-state index contributed by atoms with van der Waals surface area (Å²) >= 11 is 0. The molecule has 1 aromatic carbocycles. The second-order valence-corrected chi connectivity index (χ2v) is 2.24. The zero-order chi connectivity index (χ0) is 9.84. The van der Waals surface area contributed by atoms with Crippen LogP contribution in [0.2, 0.25) is 0 Å². The Morgan fingerprint density at radius 3 is 2.62 bits per heavy atom. The third-order valence-corrected chi connectivity index (χ3v) is 1.30. The molecule has 0 aromatic heterocycles. The zero-order valence-corrected chi connectivity index (χ0v) is 6.59. The van der Waals surface area contributed by atoms with Gasteiger partial charge in [-0.05, 0) is 12.1 Å². The van der Waals surface area contributed by atoms with Gasteiger partial charge in [0.2, 0.25) is 5.96 Å². The maximum Gasteiger partial charge on any atom is 0.208 e. The number of hydrazine groups is 1. The molecule has 0 radical (unpaired) electrons. The van der Waals surface area contributed by atoms with Crippen LogP contribution in [0.5, 0.6) is 0 Å². The zero-order valence-electron chi connectivity index (χ0n) is 6.59. The number of rotatable bonds is 1. The quantitative estimate of drug-likeness (QED) is 0.257. The van der Waals surface area contributed by atoms with Gasteiger partial charge in [0.25, 0.3) is 0 Å². The highest BCUT2D eigenvalue weighted by molar-refractivity contribution is 5.80. The standard InChI is InChI=1S/C7H8F2N4/c8-4-1-2-6(5(9)3-4)12-7(10)13-11/h1-3H,11H2,(H3,10,12,13). The molecule has 70 valence electrons. The molecule has 0 fully saturated rings. The first-order chi connectivity index (χ1) is 6.13. The van der Waals surface area contributed by atoms with E-state index in [2.05, 4.69) is 4.99 Å². The summed E-state index contributed by atoms with van der Waals surface area (Å²) in [6, 6.07) is 2.95. The molecule has 0 atom stereocenters. The van der Waals surface area contributed by atoms with Gasteiger partial charge in [-0.3, -0.25) is 5.43 Å². The summed E-state index contributed by atoms with van der Waals surface area (Å²) in [5.74, 6) is 3.29. The van der Waals surface area contributed by atoms with Gasteiger partial charge in [0.1, 0.15) is 11.5 Å². The van der Waals surface area contributed by atoms with Gasteiger partial charge < -0.3 is 5.73 Å². The molecule has 0 spiro atoms. The summed E-state index contributed by atoms with van der Waals surface area (Å²) in [4.78, 5) is 3.53. The fraction of sp³-hybridized carbons (Fsp3) is 0. The summed E-state index contributed by atoms with van der Waals surface area (Å²) in [5.41, 5.74) is 7.12. The molecule has 0 saturated carbocycles. The van der Waals surface area contributed by atoms with Crippen LogP contribution in [0, 0.1) is 11.6 Å². The van der Waals surface area contributed by atoms with Crippen LogP contribution < -0.4 is 17.0 Å². The van der Waals surface area contributed by atoms with Crippen molar-refractivity contribution in [2.45, 2.75) is 0 Å². The van der Waals surface area contributed by atoms with Crippen LogP contribution in [-0.4, -0.2) is 5.96 Å². The van der Waals surface area contributed by atoms with Gasteiger partial charge in [0.05, 0.1) is 0 Å². The maximum atomic E-state index is 12.9. The maximum absolute atomic E-state index is 12.9. The predicted molar refractivity (Wildman–Crippen MR) is 45.0 cm³/mol. The number of hydrogen-bond acceptors (Lipinski definition) is 2. The summed E-state index contributed by atoms with van der Waals surface area (Å²) in [6.07, 6.45) is 0. The van der Waals surface area contributed by atoms with E-state index in [0.717, 1.165) is 12.1 Å². The predicted octanol–water partition coefficient (Wildman–Crippen LogP) is 0.374. The monoisotopic (exact) mass is 186 g/mol. The molecular formula is C7H8F2N4. The SMILES string of the molecule is NNC(N)=Nc1ccc(F)cc1F. The molecule has 0 aliphatic carbocycles. The van der Waals surface area contributed by atoms with Gasteiger partial charge in [0, 0.05) is 6.07 Å². The lowest BCUT2D eigenvalue weighted by Crippen LogP contribution is -2.36. The first kappa shape index (κ1) is 9.40. The first-order valence-electron chi connectivity index (χ1n) is 3.39. The van der Waals surface area contributed by atoms with Crippen LogP contribution >= 0.6 is 0 Å². The highest BCUT2D eigenvalue weighted by Crippen LogP contribution is 2.17. The number of halogens is 2. The number of aliphatic imine (C=N–C) groups is 1. The average Bonchev–Trinajstić information content (AvgIpc) is 2.09. The molecule has 0 heterocycles. The normalized spacial score (nSPS) is 11.5. The Balaban J connectivity index is 3.03. The molecule has 5 N–H and O–H groups in total. The summed E-state index contributed by atoms with van der Waals surface area (Å²) in [6.45, 7) is 0. The summed E-state index contributed by atoms with van der Waals surface area (Å²) in [5, 5.41) is 0. The minimum Gasteiger partial charge on any atom is -0.369 e. The Labute approximate surface area is 73.2 Å². The lowest BCUT2D eigenvalue weighted by Gasteiger charge is -1.99. The van der Waals surface area contributed by atoms with Gasteiger partial charge in [-0.1, -0.05) is 0 Å². The minimum atomic E-state index is -0.793. The molecule has 13 heavy (non-hydrogen) atoms. The Morgan fingerprint density at radius 1 is 1.38 bits per heavy atom. The number of nitrogens with zero attached hydrogens (tertiary/aromatic N) is 1. The van der Waals surface area contributed by atoms with E-state index in [9.17, 15) is 8.78 Å². The van der Waals surface area contributed by atoms with Crippen molar-refractivity contribution in [1.29, 1.82) is 0 Å². The van der Waals surface area contributed by atoms with Crippen molar-refractivity contribution in [3.8, 4) is 0 Å². The number of nitrogens with one attached hydrogen (secondary N) is 1. The van der Waals surface area contributed by atoms with Gasteiger partial charge in [-0.2, -0.15) is 0 Å². The van der Waals surface area contributed by atoms with Crippen LogP contribution in [-0.2, 0) is 0 Å². The largest absolute Gasteiger partial charge is 0.369 e. The van der Waals surface area contributed by atoms with Crippen LogP contribution in [0.3, 0.4) is 0 Å². The van der Waals surface area contributed by atoms with E-state index in [1.807, 2.05) is 5.43 Å². The molecule has 0 amide bonds. The summed E-state index contributed by atoms with van der Waals surface area (Å²) < 4.78 is 25.3. The first-order valence-corrected chi connectivity index (χ1v) is 3.39. The average molecular weight is 186 g/mol. The van der Waals surface area contributed by atoms with Crippen molar-refractivity contribution < 1.29 is 8.78 Å². The second kappa shape index (κ2) is 3.81. The van der Waals surface area contributed by atoms with Crippen molar-refractivity contribution in [2.75, 3.05) is 0 Å². The van der Waals surface area contributed by atoms with Crippen molar-refractivity contribution in [3.05, 3.63) is 29.8 Å². The Hall–Kier alpha value is -1.69. The van der Waals surface area contributed by atoms with Crippen molar-refractivity contribution in [2.24, 2.45) is 16.6 Å². The van der Waals surface area contributed by atoms with Gasteiger partial charge in [0.15, 0.2) is 5.82 Å². The van der Waals surface area contributed by atoms with Crippen molar-refractivity contribution in [3.63, 3.8) is 0 Å². The second-order valence-electron chi connectivity index (χ2n) is 2.24. The van der Waals surface area contributed by atoms with Gasteiger partial charge >= 0.3 is 0 Å². The van der Waals surface area contributed by atoms with Crippen molar-refractivity contribution in [1.82, 2.24) is 5.43 Å². The molecule has 0 unspecified atom stereocenters. The number of benzene rings is 1. The lowest BCUT2D eigenvalue weighted by molar-refractivity contribution is 0.584. The van der Waals surface area contributed by atoms with E-state index >= 15 is 0 Å². The lowest BCUT2D eigenvalue weighted by atomic mass is 10.3. The van der Waals surface area contributed by atoms with E-state index in [1.54, 1.807) is 0 Å². The van der Waals surface area contributed by atoms with Gasteiger partial charge in [-0.25, -0.2) is 19.6 Å². The third-order valence-electron chi connectivity index (χ3n) is 1.30. The molecule has 0 aliphatic rings. The van der Waals surface area contributed by atoms with Gasteiger partial charge in [-0.15, -0.1) is 0 Å². The highest BCUT2D eigenvalue weighted by atomic mass is 19.1. The van der Waals surface area contributed by atoms with Crippen LogP contribution in [0.4, 0.5) is 14.5 Å². The molecular weight excluding hydrogens is 178 g/mol. The Bertz CT molecular complexity index is 337. The van der Waals surface area contributed by atoms with Crippen molar-refractivity contribution >= 4 is 11.6 Å². The Morgan fingerprint density at radius 2 is 2.08 bits per heavy atom. The summed E-state index contributed by atoms with van der Waals surface area (Å²) in [7, 11) is 0. The fourth-order valence-corrected chi connectivity index (χ4v) is 0.734. The molecule has 0 bridgehead atoms. The number of guanidine groups is 1. The molecule has 4 nitrogen and oxygen atoms in total. The molecule has 6 heteroatoms. The van der Waals surface area contributed by atoms with E-state index in [-0.39, 0.29) is 11.6 Å². The van der Waals surface area contributed by atoms with E-state index < -0.39 is 11.6 Å². The van der Waals surface area contributed by atoms with Crippen LogP contribution in [0.25, 0.3) is 0 Å². The fourth-order valence-electron chi connectivity index (χ4n) is 0.734. The van der Waals surface area contributed by atoms with E-state index in [0.29, 0.717) is 6.07 Å². The number of nitrogens with two attached hydrogens (primary N) is 2. The number of hydrogen-bond donors (Lipinski definition) is 3. The van der Waals surface area contributed by atoms with E-state index in [4.69, 9.17) is 11.6 Å². The van der Waals surface area contributed by atoms with Crippen LogP contribution in [0.15, 0.2) is 23.2 Å². The smallest absolute Gasteiger partial charge is 0.208 e. The van der Waals surface area contributed by atoms with E-state index in [1.165, 1.54) is 0 Å². The molecule has 0 saturated heterocycles. The topological polar surface area (TPSA) is 76.4 Å². The molecule has 1 aromatic rings. The minimum absolute atomic E-state index is 0.0724. The molecule has 1 rings (SSSR count). The molecule has 0 aliphatic heterocycles. The third kappa shape index (κ3) is 2.38.